The average Bonchev–Trinajstić information content (AvgIpc) is 2.84. The molecule has 0 aliphatic heterocycles. The van der Waals surface area contributed by atoms with Crippen LogP contribution in [-0.4, -0.2) is 23.4 Å². The average molecular weight is 275 g/mol. The first kappa shape index (κ1) is 14.4. The molecule has 2 aromatic rings. The molecule has 1 heterocycles. The normalized spacial score (nSPS) is 10.6. The third-order valence-corrected chi connectivity index (χ3v) is 2.83. The molecule has 0 bridgehead atoms. The maximum absolute atomic E-state index is 5.80. The second kappa shape index (κ2) is 6.96. The van der Waals surface area contributed by atoms with Gasteiger partial charge in [-0.2, -0.15) is 5.10 Å². The van der Waals surface area contributed by atoms with Crippen molar-refractivity contribution < 1.29 is 9.47 Å². The molecule has 0 fully saturated rings. The Bertz CT molecular complexity index is 552. The van der Waals surface area contributed by atoms with Crippen LogP contribution in [0.3, 0.4) is 0 Å². The largest absolute Gasteiger partial charge is 0.490 e. The van der Waals surface area contributed by atoms with E-state index in [1.54, 1.807) is 4.68 Å². The SMILES string of the molecule is CCOc1cc(CNC)ccc1OCc1ccn(C)n1. The second-order valence-corrected chi connectivity index (χ2v) is 4.51. The first-order chi connectivity index (χ1) is 9.72. The monoisotopic (exact) mass is 275 g/mol. The molecular formula is C15H21N3O2. The van der Waals surface area contributed by atoms with Crippen molar-refractivity contribution in [2.24, 2.45) is 7.05 Å². The van der Waals surface area contributed by atoms with Crippen molar-refractivity contribution in [1.29, 1.82) is 0 Å². The quantitative estimate of drug-likeness (QED) is 0.841. The molecule has 108 valence electrons. The van der Waals surface area contributed by atoms with Gasteiger partial charge in [0.2, 0.25) is 0 Å². The molecule has 20 heavy (non-hydrogen) atoms. The van der Waals surface area contributed by atoms with Crippen molar-refractivity contribution in [1.82, 2.24) is 15.1 Å². The maximum Gasteiger partial charge on any atom is 0.161 e. The predicted octanol–water partition coefficient (Wildman–Crippen LogP) is 2.12. The summed E-state index contributed by atoms with van der Waals surface area (Å²) in [5, 5.41) is 7.41. The van der Waals surface area contributed by atoms with Crippen LogP contribution in [0.15, 0.2) is 30.5 Å². The lowest BCUT2D eigenvalue weighted by Gasteiger charge is -2.12. The van der Waals surface area contributed by atoms with Gasteiger partial charge in [-0.05, 0) is 37.7 Å². The number of aryl methyl sites for hydroxylation is 1. The highest BCUT2D eigenvalue weighted by molar-refractivity contribution is 5.43. The highest BCUT2D eigenvalue weighted by Gasteiger charge is 2.07. The molecule has 2 rings (SSSR count). The van der Waals surface area contributed by atoms with E-state index in [4.69, 9.17) is 9.47 Å². The number of hydrogen-bond donors (Lipinski definition) is 1. The van der Waals surface area contributed by atoms with Crippen LogP contribution in [0.5, 0.6) is 11.5 Å². The van der Waals surface area contributed by atoms with Gasteiger partial charge in [0, 0.05) is 19.8 Å². The van der Waals surface area contributed by atoms with Crippen molar-refractivity contribution >= 4 is 0 Å². The second-order valence-electron chi connectivity index (χ2n) is 4.51. The highest BCUT2D eigenvalue weighted by atomic mass is 16.5. The zero-order chi connectivity index (χ0) is 14.4. The number of nitrogens with one attached hydrogen (secondary N) is 1. The predicted molar refractivity (Wildman–Crippen MR) is 77.9 cm³/mol. The van der Waals surface area contributed by atoms with E-state index < -0.39 is 0 Å². The van der Waals surface area contributed by atoms with Crippen LogP contribution in [0, 0.1) is 0 Å². The first-order valence-corrected chi connectivity index (χ1v) is 6.74. The summed E-state index contributed by atoms with van der Waals surface area (Å²) in [5.74, 6) is 1.52. The van der Waals surface area contributed by atoms with Crippen LogP contribution in [0.1, 0.15) is 18.2 Å². The lowest BCUT2D eigenvalue weighted by molar-refractivity contribution is 0.265. The zero-order valence-electron chi connectivity index (χ0n) is 12.2. The summed E-state index contributed by atoms with van der Waals surface area (Å²) in [6, 6.07) is 7.93. The molecule has 1 aromatic heterocycles. The fourth-order valence-corrected chi connectivity index (χ4v) is 1.95. The summed E-state index contributed by atoms with van der Waals surface area (Å²) in [5.41, 5.74) is 2.07. The van der Waals surface area contributed by atoms with Crippen LogP contribution in [0.25, 0.3) is 0 Å². The highest BCUT2D eigenvalue weighted by Crippen LogP contribution is 2.29. The molecule has 1 N–H and O–H groups in total. The molecule has 0 saturated heterocycles. The maximum atomic E-state index is 5.80. The van der Waals surface area contributed by atoms with Crippen LogP contribution in [0.2, 0.25) is 0 Å². The minimum absolute atomic E-state index is 0.437. The van der Waals surface area contributed by atoms with Gasteiger partial charge >= 0.3 is 0 Å². The molecule has 0 aliphatic carbocycles. The number of ether oxygens (including phenoxy) is 2. The summed E-state index contributed by atoms with van der Waals surface area (Å²) in [4.78, 5) is 0. The van der Waals surface area contributed by atoms with Gasteiger partial charge in [0.15, 0.2) is 11.5 Å². The molecule has 0 unspecified atom stereocenters. The van der Waals surface area contributed by atoms with Gasteiger partial charge in [-0.3, -0.25) is 4.68 Å². The van der Waals surface area contributed by atoms with E-state index >= 15 is 0 Å². The smallest absolute Gasteiger partial charge is 0.161 e. The lowest BCUT2D eigenvalue weighted by Crippen LogP contribution is -2.06. The van der Waals surface area contributed by atoms with Gasteiger partial charge in [0.1, 0.15) is 6.61 Å². The molecule has 0 atom stereocenters. The Morgan fingerprint density at radius 2 is 2.05 bits per heavy atom. The van der Waals surface area contributed by atoms with Gasteiger partial charge < -0.3 is 14.8 Å². The van der Waals surface area contributed by atoms with Crippen LogP contribution in [0.4, 0.5) is 0 Å². The van der Waals surface area contributed by atoms with E-state index in [0.29, 0.717) is 13.2 Å². The van der Waals surface area contributed by atoms with Gasteiger partial charge in [-0.15, -0.1) is 0 Å². The molecule has 5 heteroatoms. The fraction of sp³-hybridized carbons (Fsp3) is 0.400. The fourth-order valence-electron chi connectivity index (χ4n) is 1.95. The summed E-state index contributed by atoms with van der Waals surface area (Å²) >= 11 is 0. The van der Waals surface area contributed by atoms with Gasteiger partial charge in [0.05, 0.1) is 12.3 Å². The molecule has 0 aliphatic rings. The Kier molecular flexibility index (Phi) is 5.01. The Labute approximate surface area is 119 Å². The molecular weight excluding hydrogens is 254 g/mol. The number of aromatic nitrogens is 2. The van der Waals surface area contributed by atoms with Crippen molar-refractivity contribution in [2.75, 3.05) is 13.7 Å². The standard InChI is InChI=1S/C15H21N3O2/c1-4-19-15-9-12(10-16-2)5-6-14(15)20-11-13-7-8-18(3)17-13/h5-9,16H,4,10-11H2,1-3H3. The number of benzene rings is 1. The lowest BCUT2D eigenvalue weighted by atomic mass is 10.2. The Hall–Kier alpha value is -2.01. The molecule has 1 aromatic carbocycles. The van der Waals surface area contributed by atoms with E-state index in [9.17, 15) is 0 Å². The van der Waals surface area contributed by atoms with Crippen molar-refractivity contribution in [3.05, 3.63) is 41.7 Å². The Morgan fingerprint density at radius 3 is 2.70 bits per heavy atom. The Morgan fingerprint density at radius 1 is 1.20 bits per heavy atom. The van der Waals surface area contributed by atoms with Gasteiger partial charge in [-0.1, -0.05) is 6.07 Å². The summed E-state index contributed by atoms with van der Waals surface area (Å²) in [7, 11) is 3.81. The molecule has 0 radical (unpaired) electrons. The van der Waals surface area contributed by atoms with E-state index in [2.05, 4.69) is 10.4 Å². The minimum Gasteiger partial charge on any atom is -0.490 e. The van der Waals surface area contributed by atoms with E-state index in [1.807, 2.05) is 51.5 Å². The third kappa shape index (κ3) is 3.74. The topological polar surface area (TPSA) is 48.3 Å². The van der Waals surface area contributed by atoms with Crippen LogP contribution < -0.4 is 14.8 Å². The Balaban J connectivity index is 2.09. The van der Waals surface area contributed by atoms with E-state index in [0.717, 1.165) is 23.7 Å². The van der Waals surface area contributed by atoms with Gasteiger partial charge in [0.25, 0.3) is 0 Å². The molecule has 0 spiro atoms. The van der Waals surface area contributed by atoms with E-state index in [1.165, 1.54) is 5.56 Å². The van der Waals surface area contributed by atoms with Crippen molar-refractivity contribution in [3.63, 3.8) is 0 Å². The van der Waals surface area contributed by atoms with Crippen LogP contribution >= 0.6 is 0 Å². The molecule has 0 amide bonds. The number of nitrogens with zero attached hydrogens (tertiary/aromatic N) is 2. The minimum atomic E-state index is 0.437. The molecule has 0 saturated carbocycles. The number of rotatable bonds is 7. The zero-order valence-corrected chi connectivity index (χ0v) is 12.2. The summed E-state index contributed by atoms with van der Waals surface area (Å²) < 4.78 is 13.2. The summed E-state index contributed by atoms with van der Waals surface area (Å²) in [6.45, 7) is 3.82. The third-order valence-electron chi connectivity index (χ3n) is 2.83. The summed E-state index contributed by atoms with van der Waals surface area (Å²) in [6.07, 6.45) is 1.90. The first-order valence-electron chi connectivity index (χ1n) is 6.74. The van der Waals surface area contributed by atoms with Crippen LogP contribution in [-0.2, 0) is 20.2 Å². The number of hydrogen-bond acceptors (Lipinski definition) is 4. The van der Waals surface area contributed by atoms with Crippen molar-refractivity contribution in [3.8, 4) is 11.5 Å². The van der Waals surface area contributed by atoms with E-state index in [-0.39, 0.29) is 0 Å². The van der Waals surface area contributed by atoms with Crippen molar-refractivity contribution in [2.45, 2.75) is 20.1 Å². The molecule has 5 nitrogen and oxygen atoms in total. The van der Waals surface area contributed by atoms with Gasteiger partial charge in [-0.25, -0.2) is 0 Å².